The van der Waals surface area contributed by atoms with E-state index in [-0.39, 0.29) is 17.4 Å². The molecule has 1 aliphatic heterocycles. The zero-order valence-electron chi connectivity index (χ0n) is 17.9. The summed E-state index contributed by atoms with van der Waals surface area (Å²) in [5, 5.41) is 12.7. The molecule has 34 heavy (non-hydrogen) atoms. The summed E-state index contributed by atoms with van der Waals surface area (Å²) in [6, 6.07) is 17.6. The molecule has 0 radical (unpaired) electrons. The third-order valence-corrected chi connectivity index (χ3v) is 5.96. The molecule has 2 amide bonds. The molecule has 0 bridgehead atoms. The Kier molecular flexibility index (Phi) is 7.01. The van der Waals surface area contributed by atoms with E-state index < -0.39 is 5.82 Å². The lowest BCUT2D eigenvalue weighted by atomic mass is 10.1. The van der Waals surface area contributed by atoms with Crippen LogP contribution in [0.25, 0.3) is 0 Å². The Balaban J connectivity index is 1.38. The van der Waals surface area contributed by atoms with Crippen LogP contribution in [0.15, 0.2) is 60.7 Å². The van der Waals surface area contributed by atoms with Crippen LogP contribution in [0, 0.1) is 17.1 Å². The summed E-state index contributed by atoms with van der Waals surface area (Å²) < 4.78 is 13.9. The largest absolute Gasteiger partial charge is 0.367 e. The minimum absolute atomic E-state index is 0.0138. The van der Waals surface area contributed by atoms with Crippen molar-refractivity contribution in [2.24, 2.45) is 0 Å². The van der Waals surface area contributed by atoms with E-state index in [0.717, 1.165) is 0 Å². The molecule has 4 rings (SSSR count). The summed E-state index contributed by atoms with van der Waals surface area (Å²) in [6.07, 6.45) is 0. The normalized spacial score (nSPS) is 13.4. The van der Waals surface area contributed by atoms with Gasteiger partial charge in [0.2, 0.25) is 0 Å². The average molecular weight is 497 g/mol. The van der Waals surface area contributed by atoms with Crippen LogP contribution in [-0.4, -0.2) is 42.9 Å². The van der Waals surface area contributed by atoms with Crippen LogP contribution < -0.4 is 10.2 Å². The van der Waals surface area contributed by atoms with Gasteiger partial charge in [-0.1, -0.05) is 29.3 Å². The molecule has 1 aliphatic rings. The van der Waals surface area contributed by atoms with Crippen LogP contribution in [0.4, 0.5) is 15.8 Å². The minimum Gasteiger partial charge on any atom is -0.367 e. The monoisotopic (exact) mass is 496 g/mol. The molecule has 1 fully saturated rings. The predicted molar refractivity (Wildman–Crippen MR) is 130 cm³/mol. The first-order valence-electron chi connectivity index (χ1n) is 10.5. The summed E-state index contributed by atoms with van der Waals surface area (Å²) in [7, 11) is 0. The van der Waals surface area contributed by atoms with Gasteiger partial charge in [0.25, 0.3) is 11.8 Å². The Bertz CT molecular complexity index is 1260. The molecule has 1 N–H and O–H groups in total. The number of anilines is 2. The van der Waals surface area contributed by atoms with Gasteiger partial charge in [0, 0.05) is 53.0 Å². The van der Waals surface area contributed by atoms with Crippen molar-refractivity contribution in [1.29, 1.82) is 5.26 Å². The summed E-state index contributed by atoms with van der Waals surface area (Å²) in [6.45, 7) is 1.85. The fourth-order valence-electron chi connectivity index (χ4n) is 3.80. The maximum atomic E-state index is 13.9. The lowest BCUT2D eigenvalue weighted by Crippen LogP contribution is -2.49. The molecule has 0 atom stereocenters. The zero-order chi connectivity index (χ0) is 24.2. The maximum Gasteiger partial charge on any atom is 0.255 e. The molecule has 0 spiro atoms. The average Bonchev–Trinajstić information content (AvgIpc) is 2.83. The van der Waals surface area contributed by atoms with Gasteiger partial charge in [-0.05, 0) is 54.6 Å². The molecular formula is C25H19Cl2FN4O2. The van der Waals surface area contributed by atoms with Gasteiger partial charge in [0.05, 0.1) is 5.69 Å². The van der Waals surface area contributed by atoms with Crippen molar-refractivity contribution in [2.75, 3.05) is 36.4 Å². The van der Waals surface area contributed by atoms with E-state index in [4.69, 9.17) is 23.2 Å². The number of nitrogens with zero attached hydrogens (tertiary/aromatic N) is 3. The predicted octanol–water partition coefficient (Wildman–Crippen LogP) is 5.22. The number of amides is 2. The smallest absolute Gasteiger partial charge is 0.255 e. The molecule has 9 heteroatoms. The summed E-state index contributed by atoms with van der Waals surface area (Å²) in [5.74, 6) is -1.06. The van der Waals surface area contributed by atoms with Crippen molar-refractivity contribution in [3.63, 3.8) is 0 Å². The number of rotatable bonds is 4. The Morgan fingerprint density at radius 1 is 0.912 bits per heavy atom. The zero-order valence-corrected chi connectivity index (χ0v) is 19.4. The number of carbonyl (C=O) groups is 2. The molecule has 0 aromatic heterocycles. The second-order valence-corrected chi connectivity index (χ2v) is 8.59. The molecule has 1 heterocycles. The lowest BCUT2D eigenvalue weighted by Gasteiger charge is -2.36. The quantitative estimate of drug-likeness (QED) is 0.537. The molecular weight excluding hydrogens is 478 g/mol. The van der Waals surface area contributed by atoms with Crippen molar-refractivity contribution in [3.8, 4) is 6.07 Å². The number of hydrogen-bond acceptors (Lipinski definition) is 4. The van der Waals surface area contributed by atoms with Crippen LogP contribution in [0.2, 0.25) is 10.0 Å². The highest BCUT2D eigenvalue weighted by atomic mass is 35.5. The number of piperazine rings is 1. The van der Waals surface area contributed by atoms with Gasteiger partial charge >= 0.3 is 0 Å². The number of nitrogens with one attached hydrogen (secondary N) is 1. The van der Waals surface area contributed by atoms with Crippen LogP contribution in [-0.2, 0) is 0 Å². The Morgan fingerprint density at radius 3 is 2.18 bits per heavy atom. The van der Waals surface area contributed by atoms with Crippen LogP contribution in [0.3, 0.4) is 0 Å². The van der Waals surface area contributed by atoms with Crippen LogP contribution in [0.5, 0.6) is 0 Å². The van der Waals surface area contributed by atoms with Crippen LogP contribution in [0.1, 0.15) is 26.3 Å². The van der Waals surface area contributed by atoms with Gasteiger partial charge in [-0.15, -0.1) is 0 Å². The standard InChI is InChI=1S/C25H19Cl2FN4O2/c26-18-12-17(13-19(27)14-18)24(33)30-20-6-4-16(5-7-20)25(34)32-10-8-31(9-11-32)23-3-1-2-22(28)21(23)15-29/h1-7,12-14H,8-11H2,(H,30,33). The van der Waals surface area contributed by atoms with Crippen molar-refractivity contribution >= 4 is 46.4 Å². The second-order valence-electron chi connectivity index (χ2n) is 7.71. The topological polar surface area (TPSA) is 76.4 Å². The van der Waals surface area contributed by atoms with Crippen molar-refractivity contribution in [2.45, 2.75) is 0 Å². The van der Waals surface area contributed by atoms with Crippen molar-refractivity contribution in [1.82, 2.24) is 4.90 Å². The highest BCUT2D eigenvalue weighted by Crippen LogP contribution is 2.24. The first-order valence-corrected chi connectivity index (χ1v) is 11.2. The second kappa shape index (κ2) is 10.1. The first kappa shape index (κ1) is 23.6. The van der Waals surface area contributed by atoms with E-state index in [9.17, 15) is 19.2 Å². The minimum atomic E-state index is -0.552. The van der Waals surface area contributed by atoms with Crippen LogP contribution >= 0.6 is 23.2 Å². The fourth-order valence-corrected chi connectivity index (χ4v) is 4.33. The molecule has 3 aromatic carbocycles. The van der Waals surface area contributed by atoms with E-state index in [1.54, 1.807) is 47.4 Å². The van der Waals surface area contributed by atoms with Gasteiger partial charge in [0.1, 0.15) is 17.4 Å². The molecule has 1 saturated heterocycles. The molecule has 0 aliphatic carbocycles. The number of benzene rings is 3. The molecule has 3 aromatic rings. The first-order chi connectivity index (χ1) is 16.4. The molecule has 0 saturated carbocycles. The van der Waals surface area contributed by atoms with Crippen molar-refractivity contribution < 1.29 is 14.0 Å². The number of hydrogen-bond donors (Lipinski definition) is 1. The van der Waals surface area contributed by atoms with Gasteiger partial charge in [-0.2, -0.15) is 5.26 Å². The van der Waals surface area contributed by atoms with Gasteiger partial charge < -0.3 is 15.1 Å². The Morgan fingerprint density at radius 2 is 1.56 bits per heavy atom. The van der Waals surface area contributed by atoms with Gasteiger partial charge in [-0.3, -0.25) is 9.59 Å². The molecule has 6 nitrogen and oxygen atoms in total. The fraction of sp³-hybridized carbons (Fsp3) is 0.160. The van der Waals surface area contributed by atoms with Crippen molar-refractivity contribution in [3.05, 3.63) is 93.2 Å². The number of carbonyl (C=O) groups excluding carboxylic acids is 2. The van der Waals surface area contributed by atoms with Gasteiger partial charge in [0.15, 0.2) is 0 Å². The van der Waals surface area contributed by atoms with E-state index in [0.29, 0.717) is 58.7 Å². The highest BCUT2D eigenvalue weighted by molar-refractivity contribution is 6.35. The summed E-state index contributed by atoms with van der Waals surface area (Å²) in [4.78, 5) is 29.0. The summed E-state index contributed by atoms with van der Waals surface area (Å²) in [5.41, 5.74) is 1.89. The van der Waals surface area contributed by atoms with E-state index in [1.165, 1.54) is 18.2 Å². The highest BCUT2D eigenvalue weighted by Gasteiger charge is 2.24. The molecule has 0 unspecified atom stereocenters. The van der Waals surface area contributed by atoms with E-state index in [2.05, 4.69) is 5.32 Å². The number of nitriles is 1. The van der Waals surface area contributed by atoms with Gasteiger partial charge in [-0.25, -0.2) is 4.39 Å². The number of halogens is 3. The maximum absolute atomic E-state index is 13.9. The third-order valence-electron chi connectivity index (χ3n) is 5.53. The Labute approximate surface area is 206 Å². The summed E-state index contributed by atoms with van der Waals surface area (Å²) >= 11 is 11.9. The SMILES string of the molecule is N#Cc1c(F)cccc1N1CCN(C(=O)c2ccc(NC(=O)c3cc(Cl)cc(Cl)c3)cc2)CC1. The van der Waals surface area contributed by atoms with E-state index >= 15 is 0 Å². The third kappa shape index (κ3) is 5.14. The lowest BCUT2D eigenvalue weighted by molar-refractivity contribution is 0.0746. The molecule has 172 valence electrons. The van der Waals surface area contributed by atoms with E-state index in [1.807, 2.05) is 11.0 Å². The Hall–Kier alpha value is -3.60.